The normalized spacial score (nSPS) is 12.9. The van der Waals surface area contributed by atoms with E-state index in [-0.39, 0.29) is 12.1 Å². The van der Waals surface area contributed by atoms with E-state index < -0.39 is 17.7 Å². The van der Waals surface area contributed by atoms with Gasteiger partial charge in [-0.3, -0.25) is 4.90 Å². The number of fused-ring (bicyclic) bond motifs is 1. The maximum atomic E-state index is 13.7. The van der Waals surface area contributed by atoms with Gasteiger partial charge in [0.05, 0.1) is 22.9 Å². The molecule has 1 aromatic heterocycles. The number of hydrogen-bond acceptors (Lipinski definition) is 4. The minimum absolute atomic E-state index is 0.0996. The molecule has 0 aliphatic carbocycles. The predicted molar refractivity (Wildman–Crippen MR) is 87.3 cm³/mol. The van der Waals surface area contributed by atoms with Gasteiger partial charge in [0.15, 0.2) is 0 Å². The van der Waals surface area contributed by atoms with Crippen molar-refractivity contribution in [1.29, 1.82) is 0 Å². The summed E-state index contributed by atoms with van der Waals surface area (Å²) in [4.78, 5) is 6.40. The van der Waals surface area contributed by atoms with Gasteiger partial charge in [0, 0.05) is 18.2 Å². The third kappa shape index (κ3) is 3.72. The van der Waals surface area contributed by atoms with Crippen LogP contribution in [0.15, 0.2) is 42.5 Å². The summed E-state index contributed by atoms with van der Waals surface area (Å²) in [6.45, 7) is 0.789. The maximum absolute atomic E-state index is 13.7. The molecule has 0 aliphatic heterocycles. The van der Waals surface area contributed by atoms with Crippen LogP contribution >= 0.6 is 11.3 Å². The van der Waals surface area contributed by atoms with Crippen molar-refractivity contribution in [2.24, 2.45) is 0 Å². The highest BCUT2D eigenvalue weighted by Gasteiger charge is 2.16. The Morgan fingerprint density at radius 3 is 2.74 bits per heavy atom. The van der Waals surface area contributed by atoms with E-state index in [0.29, 0.717) is 6.54 Å². The standard InChI is InChI=1S/C17H16F2N2OS/c1-21(9-15(22)12-7-6-11(18)8-13(12)19)10-17-20-14-4-2-3-5-16(14)23-17/h2-8,15,22H,9-10H2,1H3. The van der Waals surface area contributed by atoms with Gasteiger partial charge in [0.2, 0.25) is 0 Å². The van der Waals surface area contributed by atoms with Crippen LogP contribution in [0.3, 0.4) is 0 Å². The Morgan fingerprint density at radius 1 is 1.22 bits per heavy atom. The van der Waals surface area contributed by atoms with Crippen molar-refractivity contribution >= 4 is 21.6 Å². The molecule has 0 aliphatic rings. The van der Waals surface area contributed by atoms with Crippen molar-refractivity contribution in [3.05, 3.63) is 64.7 Å². The molecule has 3 aromatic rings. The van der Waals surface area contributed by atoms with E-state index in [4.69, 9.17) is 0 Å². The largest absolute Gasteiger partial charge is 0.387 e. The number of likely N-dealkylation sites (N-methyl/N-ethyl adjacent to an activating group) is 1. The number of nitrogens with zero attached hydrogens (tertiary/aromatic N) is 2. The molecule has 2 aromatic carbocycles. The number of halogens is 2. The minimum Gasteiger partial charge on any atom is -0.387 e. The van der Waals surface area contributed by atoms with E-state index in [1.165, 1.54) is 6.07 Å². The third-order valence-corrected chi connectivity index (χ3v) is 4.57. The van der Waals surface area contributed by atoms with E-state index in [9.17, 15) is 13.9 Å². The molecule has 0 amide bonds. The Bertz CT molecular complexity index is 788. The predicted octanol–water partition coefficient (Wildman–Crippen LogP) is 3.74. The van der Waals surface area contributed by atoms with Crippen LogP contribution in [0.4, 0.5) is 8.78 Å². The summed E-state index contributed by atoms with van der Waals surface area (Å²) in [6.07, 6.45) is -1.02. The number of benzene rings is 2. The Kier molecular flexibility index (Phi) is 4.66. The van der Waals surface area contributed by atoms with Gasteiger partial charge < -0.3 is 5.11 Å². The SMILES string of the molecule is CN(Cc1nc2ccccc2s1)CC(O)c1ccc(F)cc1F. The molecule has 6 heteroatoms. The molecule has 0 radical (unpaired) electrons. The molecule has 0 saturated heterocycles. The zero-order valence-corrected chi connectivity index (χ0v) is 13.4. The van der Waals surface area contributed by atoms with Gasteiger partial charge in [-0.25, -0.2) is 13.8 Å². The molecule has 1 N–H and O–H groups in total. The highest BCUT2D eigenvalue weighted by Crippen LogP contribution is 2.24. The van der Waals surface area contributed by atoms with Crippen molar-refractivity contribution < 1.29 is 13.9 Å². The summed E-state index contributed by atoms with van der Waals surface area (Å²) in [7, 11) is 1.83. The number of thiazole rings is 1. The van der Waals surface area contributed by atoms with E-state index in [1.807, 2.05) is 36.2 Å². The zero-order valence-electron chi connectivity index (χ0n) is 12.5. The summed E-state index contributed by atoms with van der Waals surface area (Å²) in [5, 5.41) is 11.1. The number of aliphatic hydroxyl groups is 1. The molecule has 0 saturated carbocycles. The highest BCUT2D eigenvalue weighted by molar-refractivity contribution is 7.18. The highest BCUT2D eigenvalue weighted by atomic mass is 32.1. The number of rotatable bonds is 5. The zero-order chi connectivity index (χ0) is 16.4. The molecular weight excluding hydrogens is 318 g/mol. The molecule has 0 fully saturated rings. The van der Waals surface area contributed by atoms with Crippen LogP contribution in [0, 0.1) is 11.6 Å². The van der Waals surface area contributed by atoms with Gasteiger partial charge in [0.25, 0.3) is 0 Å². The lowest BCUT2D eigenvalue weighted by atomic mass is 10.1. The molecule has 0 bridgehead atoms. The fourth-order valence-corrected chi connectivity index (χ4v) is 3.50. The summed E-state index contributed by atoms with van der Waals surface area (Å²) >= 11 is 1.60. The summed E-state index contributed by atoms with van der Waals surface area (Å²) in [5.74, 6) is -1.38. The lowest BCUT2D eigenvalue weighted by molar-refractivity contribution is 0.120. The quantitative estimate of drug-likeness (QED) is 0.772. The van der Waals surface area contributed by atoms with Crippen LogP contribution in [0.5, 0.6) is 0 Å². The molecule has 3 nitrogen and oxygen atoms in total. The van der Waals surface area contributed by atoms with Crippen molar-refractivity contribution in [3.8, 4) is 0 Å². The van der Waals surface area contributed by atoms with Gasteiger partial charge in [-0.15, -0.1) is 11.3 Å². The molecule has 120 valence electrons. The van der Waals surface area contributed by atoms with Crippen molar-refractivity contribution in [1.82, 2.24) is 9.88 Å². The van der Waals surface area contributed by atoms with Crippen LogP contribution in [-0.2, 0) is 6.54 Å². The lowest BCUT2D eigenvalue weighted by Gasteiger charge is -2.20. The van der Waals surface area contributed by atoms with Crippen molar-refractivity contribution in [3.63, 3.8) is 0 Å². The Hall–Kier alpha value is -1.89. The first-order valence-electron chi connectivity index (χ1n) is 7.19. The first kappa shape index (κ1) is 16.0. The minimum atomic E-state index is -1.02. The Labute approximate surface area is 136 Å². The molecule has 3 rings (SSSR count). The van der Waals surface area contributed by atoms with Crippen LogP contribution in [-0.4, -0.2) is 28.6 Å². The summed E-state index contributed by atoms with van der Waals surface area (Å²) < 4.78 is 27.7. The van der Waals surface area contributed by atoms with Crippen molar-refractivity contribution in [2.45, 2.75) is 12.6 Å². The number of aliphatic hydroxyl groups excluding tert-OH is 1. The van der Waals surface area contributed by atoms with Gasteiger partial charge >= 0.3 is 0 Å². The van der Waals surface area contributed by atoms with Crippen molar-refractivity contribution in [2.75, 3.05) is 13.6 Å². The average molecular weight is 334 g/mol. The smallest absolute Gasteiger partial charge is 0.131 e. The number of hydrogen-bond donors (Lipinski definition) is 1. The molecule has 0 spiro atoms. The molecular formula is C17H16F2N2OS. The first-order chi connectivity index (χ1) is 11.0. The fraction of sp³-hybridized carbons (Fsp3) is 0.235. The molecule has 1 unspecified atom stereocenters. The van der Waals surface area contributed by atoms with E-state index >= 15 is 0 Å². The fourth-order valence-electron chi connectivity index (χ4n) is 2.45. The average Bonchev–Trinajstić information content (AvgIpc) is 2.88. The van der Waals surface area contributed by atoms with E-state index in [2.05, 4.69) is 4.98 Å². The Morgan fingerprint density at radius 2 is 2.00 bits per heavy atom. The monoisotopic (exact) mass is 334 g/mol. The Balaban J connectivity index is 1.67. The molecule has 1 heterocycles. The molecule has 1 atom stereocenters. The van der Waals surface area contributed by atoms with E-state index in [1.54, 1.807) is 11.3 Å². The number of aromatic nitrogens is 1. The van der Waals surface area contributed by atoms with Crippen LogP contribution in [0.1, 0.15) is 16.7 Å². The van der Waals surface area contributed by atoms with Gasteiger partial charge in [0.1, 0.15) is 16.6 Å². The third-order valence-electron chi connectivity index (χ3n) is 3.55. The van der Waals surface area contributed by atoms with Gasteiger partial charge in [-0.2, -0.15) is 0 Å². The number of para-hydroxylation sites is 1. The lowest BCUT2D eigenvalue weighted by Crippen LogP contribution is -2.24. The van der Waals surface area contributed by atoms with E-state index in [0.717, 1.165) is 27.4 Å². The van der Waals surface area contributed by atoms with Crippen LogP contribution < -0.4 is 0 Å². The maximum Gasteiger partial charge on any atom is 0.131 e. The molecule has 23 heavy (non-hydrogen) atoms. The van der Waals surface area contributed by atoms with Gasteiger partial charge in [-0.1, -0.05) is 18.2 Å². The summed E-state index contributed by atoms with van der Waals surface area (Å²) in [5.41, 5.74) is 1.05. The second-order valence-electron chi connectivity index (χ2n) is 5.45. The van der Waals surface area contributed by atoms with Gasteiger partial charge in [-0.05, 0) is 25.2 Å². The summed E-state index contributed by atoms with van der Waals surface area (Å²) in [6, 6.07) is 11.1. The van der Waals surface area contributed by atoms with Crippen LogP contribution in [0.2, 0.25) is 0 Å². The topological polar surface area (TPSA) is 36.4 Å². The first-order valence-corrected chi connectivity index (χ1v) is 8.00. The second-order valence-corrected chi connectivity index (χ2v) is 6.57. The second kappa shape index (κ2) is 6.70. The van der Waals surface area contributed by atoms with Crippen LogP contribution in [0.25, 0.3) is 10.2 Å².